The van der Waals surface area contributed by atoms with Crippen molar-refractivity contribution in [3.8, 4) is 0 Å². The Morgan fingerprint density at radius 2 is 0.945 bits per heavy atom. The smallest absolute Gasteiger partial charge is 0.457 e. The molecular formula is C46H93NO7P+. The van der Waals surface area contributed by atoms with Crippen LogP contribution >= 0.6 is 7.82 Å². The highest BCUT2D eigenvalue weighted by atomic mass is 31.2. The second-order valence-electron chi connectivity index (χ2n) is 17.1. The van der Waals surface area contributed by atoms with Gasteiger partial charge in [0, 0.05) is 13.0 Å². The number of carbonyl (C=O) groups excluding carboxylic acids is 1. The number of allylic oxidation sites excluding steroid dienone is 2. The molecule has 2 unspecified atom stereocenters. The number of hydrogen-bond donors (Lipinski definition) is 1. The Kier molecular flexibility index (Phi) is 39.5. The second kappa shape index (κ2) is 40.0. The summed E-state index contributed by atoms with van der Waals surface area (Å²) in [6.45, 7) is 5.66. The molecule has 0 aliphatic carbocycles. The lowest BCUT2D eigenvalue weighted by Crippen LogP contribution is -2.37. The zero-order valence-electron chi connectivity index (χ0n) is 37.2. The predicted octanol–water partition coefficient (Wildman–Crippen LogP) is 13.8. The van der Waals surface area contributed by atoms with Gasteiger partial charge in [-0.05, 0) is 38.5 Å². The van der Waals surface area contributed by atoms with Crippen molar-refractivity contribution in [1.29, 1.82) is 0 Å². The summed E-state index contributed by atoms with van der Waals surface area (Å²) in [5, 5.41) is 0. The highest BCUT2D eigenvalue weighted by molar-refractivity contribution is 7.47. The van der Waals surface area contributed by atoms with Crippen LogP contribution in [0.2, 0.25) is 0 Å². The average molecular weight is 803 g/mol. The molecule has 9 heteroatoms. The average Bonchev–Trinajstić information content (AvgIpc) is 3.13. The number of unbranched alkanes of at least 4 members (excludes halogenated alkanes) is 28. The quantitative estimate of drug-likeness (QED) is 0.0216. The van der Waals surface area contributed by atoms with Gasteiger partial charge in [-0.15, -0.1) is 0 Å². The first-order chi connectivity index (χ1) is 26.6. The minimum Gasteiger partial charge on any atom is -0.457 e. The molecule has 0 heterocycles. The second-order valence-corrected chi connectivity index (χ2v) is 18.6. The van der Waals surface area contributed by atoms with E-state index in [-0.39, 0.29) is 25.8 Å². The lowest BCUT2D eigenvalue weighted by molar-refractivity contribution is -0.870. The van der Waals surface area contributed by atoms with E-state index in [2.05, 4.69) is 26.0 Å². The maximum absolute atomic E-state index is 12.7. The van der Waals surface area contributed by atoms with Crippen LogP contribution in [0.15, 0.2) is 12.2 Å². The first kappa shape index (κ1) is 54.2. The SMILES string of the molecule is CCCCCCCCC/C=C\CCCCCCCCCC(=O)OC(COCCCCCCCCCCCCCCCCC)COP(=O)(O)OCC[N+](C)(C)C. The van der Waals surface area contributed by atoms with Crippen molar-refractivity contribution in [1.82, 2.24) is 0 Å². The number of ether oxygens (including phenoxy) is 2. The largest absolute Gasteiger partial charge is 0.472 e. The van der Waals surface area contributed by atoms with E-state index in [4.69, 9.17) is 18.5 Å². The molecule has 0 aromatic rings. The van der Waals surface area contributed by atoms with Crippen molar-refractivity contribution in [2.75, 3.05) is 54.1 Å². The lowest BCUT2D eigenvalue weighted by Gasteiger charge is -2.24. The van der Waals surface area contributed by atoms with E-state index in [0.29, 0.717) is 24.1 Å². The molecule has 0 saturated carbocycles. The predicted molar refractivity (Wildman–Crippen MR) is 234 cm³/mol. The van der Waals surface area contributed by atoms with Gasteiger partial charge in [0.25, 0.3) is 0 Å². The molecule has 0 spiro atoms. The Bertz CT molecular complexity index is 894. The van der Waals surface area contributed by atoms with Gasteiger partial charge in [0.15, 0.2) is 0 Å². The summed E-state index contributed by atoms with van der Waals surface area (Å²) in [5.74, 6) is -0.314. The molecule has 0 aromatic heterocycles. The third-order valence-electron chi connectivity index (χ3n) is 10.3. The van der Waals surface area contributed by atoms with Crippen LogP contribution in [0.4, 0.5) is 0 Å². The van der Waals surface area contributed by atoms with Crippen LogP contribution in [0.3, 0.4) is 0 Å². The highest BCUT2D eigenvalue weighted by Gasteiger charge is 2.26. The van der Waals surface area contributed by atoms with Gasteiger partial charge in [0.1, 0.15) is 19.3 Å². The maximum atomic E-state index is 12.7. The molecule has 0 saturated heterocycles. The summed E-state index contributed by atoms with van der Waals surface area (Å²) in [6.07, 6.45) is 43.8. The standard InChI is InChI=1S/C46H92NO7P/c1-6-8-10-12-14-16-18-20-22-23-24-25-27-29-31-33-35-37-39-46(48)54-45(44-53-55(49,50)52-42-40-47(3,4)5)43-51-41-38-36-34-32-30-28-26-21-19-17-15-13-11-9-7-2/h22-23,45H,6-21,24-44H2,1-5H3/p+1/b23-22-. The normalized spacial score (nSPS) is 13.8. The molecule has 0 aliphatic heterocycles. The summed E-state index contributed by atoms with van der Waals surface area (Å²) in [7, 11) is 1.68. The van der Waals surface area contributed by atoms with Gasteiger partial charge in [-0.1, -0.05) is 187 Å². The van der Waals surface area contributed by atoms with E-state index in [1.165, 1.54) is 167 Å². The van der Waals surface area contributed by atoms with Crippen LogP contribution in [0.25, 0.3) is 0 Å². The summed E-state index contributed by atoms with van der Waals surface area (Å²) in [4.78, 5) is 22.9. The highest BCUT2D eigenvalue weighted by Crippen LogP contribution is 2.43. The van der Waals surface area contributed by atoms with E-state index in [9.17, 15) is 14.3 Å². The number of esters is 1. The Labute approximate surface area is 341 Å². The van der Waals surface area contributed by atoms with Crippen LogP contribution in [-0.2, 0) is 27.9 Å². The van der Waals surface area contributed by atoms with Crippen molar-refractivity contribution in [3.05, 3.63) is 12.2 Å². The number of rotatable bonds is 44. The molecule has 0 aromatic carbocycles. The molecule has 0 bridgehead atoms. The number of likely N-dealkylation sites (N-methyl/N-ethyl adjacent to an activating group) is 1. The number of phosphoric ester groups is 1. The monoisotopic (exact) mass is 803 g/mol. The molecule has 0 amide bonds. The number of phosphoric acid groups is 1. The van der Waals surface area contributed by atoms with E-state index < -0.39 is 13.9 Å². The fourth-order valence-corrected chi connectivity index (χ4v) is 7.41. The van der Waals surface area contributed by atoms with Crippen molar-refractivity contribution in [2.24, 2.45) is 0 Å². The fourth-order valence-electron chi connectivity index (χ4n) is 6.67. The molecule has 8 nitrogen and oxygen atoms in total. The van der Waals surface area contributed by atoms with Crippen molar-refractivity contribution >= 4 is 13.8 Å². The first-order valence-corrected chi connectivity index (χ1v) is 24.9. The van der Waals surface area contributed by atoms with Gasteiger partial charge < -0.3 is 18.9 Å². The van der Waals surface area contributed by atoms with E-state index >= 15 is 0 Å². The molecule has 0 fully saturated rings. The van der Waals surface area contributed by atoms with Crippen molar-refractivity contribution in [2.45, 2.75) is 225 Å². The van der Waals surface area contributed by atoms with Gasteiger partial charge in [0.05, 0.1) is 34.4 Å². The summed E-state index contributed by atoms with van der Waals surface area (Å²) in [5.41, 5.74) is 0. The molecule has 55 heavy (non-hydrogen) atoms. The third kappa shape index (κ3) is 44.2. The number of hydrogen-bond acceptors (Lipinski definition) is 6. The van der Waals surface area contributed by atoms with Crippen molar-refractivity contribution in [3.63, 3.8) is 0 Å². The van der Waals surface area contributed by atoms with Crippen LogP contribution < -0.4 is 0 Å². The molecule has 1 N–H and O–H groups in total. The van der Waals surface area contributed by atoms with Crippen LogP contribution in [-0.4, -0.2) is 75.6 Å². The zero-order chi connectivity index (χ0) is 40.6. The summed E-state index contributed by atoms with van der Waals surface area (Å²) >= 11 is 0. The Balaban J connectivity index is 4.17. The van der Waals surface area contributed by atoms with Crippen LogP contribution in [0.1, 0.15) is 219 Å². The molecular weight excluding hydrogens is 709 g/mol. The van der Waals surface area contributed by atoms with E-state index in [1.807, 2.05) is 21.1 Å². The topological polar surface area (TPSA) is 91.3 Å². The van der Waals surface area contributed by atoms with Gasteiger partial charge in [-0.25, -0.2) is 4.57 Å². The van der Waals surface area contributed by atoms with Crippen LogP contribution in [0, 0.1) is 0 Å². The minimum absolute atomic E-state index is 0.0911. The van der Waals surface area contributed by atoms with Gasteiger partial charge >= 0.3 is 13.8 Å². The summed E-state index contributed by atoms with van der Waals surface area (Å²) < 4.78 is 35.1. The van der Waals surface area contributed by atoms with Gasteiger partial charge in [-0.3, -0.25) is 13.8 Å². The Morgan fingerprint density at radius 3 is 1.38 bits per heavy atom. The van der Waals surface area contributed by atoms with Crippen LogP contribution in [0.5, 0.6) is 0 Å². The van der Waals surface area contributed by atoms with E-state index in [0.717, 1.165) is 32.1 Å². The molecule has 328 valence electrons. The third-order valence-corrected chi connectivity index (χ3v) is 11.3. The zero-order valence-corrected chi connectivity index (χ0v) is 38.1. The number of nitrogens with zero attached hydrogens (tertiary/aromatic N) is 1. The lowest BCUT2D eigenvalue weighted by atomic mass is 10.0. The molecule has 0 rings (SSSR count). The molecule has 0 radical (unpaired) electrons. The van der Waals surface area contributed by atoms with E-state index in [1.54, 1.807) is 0 Å². The Hall–Kier alpha value is -0.760. The fraction of sp³-hybridized carbons (Fsp3) is 0.935. The maximum Gasteiger partial charge on any atom is 0.472 e. The molecule has 0 aliphatic rings. The minimum atomic E-state index is -4.27. The first-order valence-electron chi connectivity index (χ1n) is 23.4. The summed E-state index contributed by atoms with van der Waals surface area (Å²) in [6, 6.07) is 0. The molecule has 2 atom stereocenters. The number of quaternary nitrogens is 1. The Morgan fingerprint density at radius 1 is 0.545 bits per heavy atom. The van der Waals surface area contributed by atoms with Gasteiger partial charge in [0.2, 0.25) is 0 Å². The van der Waals surface area contributed by atoms with Gasteiger partial charge in [-0.2, -0.15) is 0 Å². The van der Waals surface area contributed by atoms with Crippen molar-refractivity contribution < 1.29 is 37.3 Å². The number of carbonyl (C=O) groups is 1.